The summed E-state index contributed by atoms with van der Waals surface area (Å²) < 4.78 is 11.0. The molecule has 0 N–H and O–H groups in total. The smallest absolute Gasteiger partial charge is 0.165 e. The predicted molar refractivity (Wildman–Crippen MR) is 101 cm³/mol. The molecule has 2 aromatic rings. The molecule has 1 saturated heterocycles. The number of nitrogens with zero attached hydrogens (tertiary/aromatic N) is 2. The van der Waals surface area contributed by atoms with Gasteiger partial charge in [0.15, 0.2) is 11.5 Å². The van der Waals surface area contributed by atoms with Crippen molar-refractivity contribution in [1.82, 2.24) is 4.90 Å². The van der Waals surface area contributed by atoms with Crippen molar-refractivity contribution in [2.75, 3.05) is 27.3 Å². The molecule has 0 aromatic heterocycles. The fourth-order valence-electron chi connectivity index (χ4n) is 3.85. The summed E-state index contributed by atoms with van der Waals surface area (Å²) in [6, 6.07) is 14.5. The Morgan fingerprint density at radius 2 is 1.88 bits per heavy atom. The van der Waals surface area contributed by atoms with E-state index in [0.717, 1.165) is 48.0 Å². The van der Waals surface area contributed by atoms with Gasteiger partial charge in [-0.25, -0.2) is 0 Å². The van der Waals surface area contributed by atoms with Crippen LogP contribution in [0, 0.1) is 12.8 Å². The Morgan fingerprint density at radius 1 is 1.08 bits per heavy atom. The second kappa shape index (κ2) is 7.00. The summed E-state index contributed by atoms with van der Waals surface area (Å²) in [5, 5.41) is 4.37. The minimum absolute atomic E-state index is 0.128. The first kappa shape index (κ1) is 16.9. The molecule has 0 spiro atoms. The molecular formula is C21H24N2O3. The van der Waals surface area contributed by atoms with Crippen LogP contribution in [-0.2, 0) is 11.4 Å². The quantitative estimate of drug-likeness (QED) is 0.829. The average Bonchev–Trinajstić information content (AvgIpc) is 3.22. The highest BCUT2D eigenvalue weighted by Gasteiger charge is 2.42. The standard InChI is InChI=1S/C21H24N2O3/c1-14-7-9-15(10-8-14)20-17-12-23(13-19(17)26-22-20)11-16-5-4-6-18(24-2)21(16)25-3/h4-10,17,19H,11-13H2,1-3H3/t17-,19-/m0/s1. The highest BCUT2D eigenvalue weighted by Crippen LogP contribution is 2.35. The molecule has 0 unspecified atom stereocenters. The summed E-state index contributed by atoms with van der Waals surface area (Å²) in [5.41, 5.74) is 4.60. The van der Waals surface area contributed by atoms with Gasteiger partial charge in [-0.3, -0.25) is 4.90 Å². The zero-order chi connectivity index (χ0) is 18.1. The fraction of sp³-hybridized carbons (Fsp3) is 0.381. The van der Waals surface area contributed by atoms with E-state index in [9.17, 15) is 0 Å². The van der Waals surface area contributed by atoms with Crippen molar-refractivity contribution < 1.29 is 14.3 Å². The van der Waals surface area contributed by atoms with Crippen molar-refractivity contribution in [3.63, 3.8) is 0 Å². The number of aryl methyl sites for hydroxylation is 1. The van der Waals surface area contributed by atoms with E-state index in [1.54, 1.807) is 14.2 Å². The van der Waals surface area contributed by atoms with Gasteiger partial charge in [0.1, 0.15) is 6.10 Å². The molecule has 2 aliphatic rings. The molecule has 4 rings (SSSR count). The van der Waals surface area contributed by atoms with Crippen molar-refractivity contribution in [2.45, 2.75) is 19.6 Å². The van der Waals surface area contributed by atoms with Gasteiger partial charge in [0.05, 0.1) is 25.8 Å². The Labute approximate surface area is 154 Å². The molecular weight excluding hydrogens is 328 g/mol. The lowest BCUT2D eigenvalue weighted by molar-refractivity contribution is 0.0744. The minimum Gasteiger partial charge on any atom is -0.493 e. The topological polar surface area (TPSA) is 43.3 Å². The minimum atomic E-state index is 0.128. The van der Waals surface area contributed by atoms with E-state index in [0.29, 0.717) is 5.92 Å². The van der Waals surface area contributed by atoms with Crippen LogP contribution in [0.5, 0.6) is 11.5 Å². The van der Waals surface area contributed by atoms with Crippen LogP contribution in [0.15, 0.2) is 47.6 Å². The van der Waals surface area contributed by atoms with Crippen molar-refractivity contribution in [3.8, 4) is 11.5 Å². The van der Waals surface area contributed by atoms with Gasteiger partial charge in [0.2, 0.25) is 0 Å². The molecule has 0 aliphatic carbocycles. The monoisotopic (exact) mass is 352 g/mol. The first-order chi connectivity index (χ1) is 12.7. The zero-order valence-corrected chi connectivity index (χ0v) is 15.4. The maximum Gasteiger partial charge on any atom is 0.165 e. The van der Waals surface area contributed by atoms with Crippen LogP contribution in [0.2, 0.25) is 0 Å². The van der Waals surface area contributed by atoms with E-state index in [-0.39, 0.29) is 6.10 Å². The molecule has 0 amide bonds. The lowest BCUT2D eigenvalue weighted by atomic mass is 9.94. The molecule has 0 saturated carbocycles. The van der Waals surface area contributed by atoms with E-state index >= 15 is 0 Å². The highest BCUT2D eigenvalue weighted by atomic mass is 16.6. The van der Waals surface area contributed by atoms with Gasteiger partial charge in [0.25, 0.3) is 0 Å². The van der Waals surface area contributed by atoms with Crippen molar-refractivity contribution >= 4 is 5.71 Å². The number of hydrogen-bond donors (Lipinski definition) is 0. The number of rotatable bonds is 5. The third kappa shape index (κ3) is 3.03. The summed E-state index contributed by atoms with van der Waals surface area (Å²) in [6.07, 6.45) is 0.128. The van der Waals surface area contributed by atoms with Crippen LogP contribution in [0.1, 0.15) is 16.7 Å². The van der Waals surface area contributed by atoms with Crippen LogP contribution in [0.25, 0.3) is 0 Å². The first-order valence-electron chi connectivity index (χ1n) is 8.92. The average molecular weight is 352 g/mol. The van der Waals surface area contributed by atoms with Gasteiger partial charge < -0.3 is 14.3 Å². The normalized spacial score (nSPS) is 21.9. The molecule has 26 heavy (non-hydrogen) atoms. The third-order valence-corrected chi connectivity index (χ3v) is 5.21. The third-order valence-electron chi connectivity index (χ3n) is 5.21. The summed E-state index contributed by atoms with van der Waals surface area (Å²) in [5.74, 6) is 1.89. The Kier molecular flexibility index (Phi) is 4.55. The van der Waals surface area contributed by atoms with Gasteiger partial charge in [-0.05, 0) is 18.6 Å². The highest BCUT2D eigenvalue weighted by molar-refractivity contribution is 6.03. The van der Waals surface area contributed by atoms with Crippen LogP contribution >= 0.6 is 0 Å². The molecule has 1 fully saturated rings. The maximum absolute atomic E-state index is 5.73. The Bertz CT molecular complexity index is 817. The van der Waals surface area contributed by atoms with Gasteiger partial charge in [-0.1, -0.05) is 47.1 Å². The molecule has 0 radical (unpaired) electrons. The largest absolute Gasteiger partial charge is 0.493 e. The van der Waals surface area contributed by atoms with Gasteiger partial charge in [-0.15, -0.1) is 0 Å². The van der Waals surface area contributed by atoms with E-state index < -0.39 is 0 Å². The summed E-state index contributed by atoms with van der Waals surface area (Å²) in [6.45, 7) is 4.69. The molecule has 0 bridgehead atoms. The number of ether oxygens (including phenoxy) is 2. The Morgan fingerprint density at radius 3 is 2.62 bits per heavy atom. The molecule has 2 heterocycles. The lowest BCUT2D eigenvalue weighted by Crippen LogP contribution is -2.23. The van der Waals surface area contributed by atoms with E-state index in [2.05, 4.69) is 47.3 Å². The number of methoxy groups -OCH3 is 2. The van der Waals surface area contributed by atoms with Crippen LogP contribution in [0.3, 0.4) is 0 Å². The van der Waals surface area contributed by atoms with E-state index in [1.165, 1.54) is 5.56 Å². The summed E-state index contributed by atoms with van der Waals surface area (Å²) in [7, 11) is 3.35. The second-order valence-electron chi connectivity index (χ2n) is 6.94. The summed E-state index contributed by atoms with van der Waals surface area (Å²) >= 11 is 0. The second-order valence-corrected chi connectivity index (χ2v) is 6.94. The number of likely N-dealkylation sites (tertiary alicyclic amines) is 1. The van der Waals surface area contributed by atoms with Crippen LogP contribution < -0.4 is 9.47 Å². The predicted octanol–water partition coefficient (Wildman–Crippen LogP) is 3.25. The lowest BCUT2D eigenvalue weighted by Gasteiger charge is -2.19. The van der Waals surface area contributed by atoms with Gasteiger partial charge in [-0.2, -0.15) is 0 Å². The maximum atomic E-state index is 5.73. The Hall–Kier alpha value is -2.53. The molecule has 5 heteroatoms. The van der Waals surface area contributed by atoms with Crippen LogP contribution in [0.4, 0.5) is 0 Å². The number of para-hydroxylation sites is 1. The van der Waals surface area contributed by atoms with Crippen molar-refractivity contribution in [2.24, 2.45) is 11.1 Å². The molecule has 5 nitrogen and oxygen atoms in total. The molecule has 136 valence electrons. The van der Waals surface area contributed by atoms with Crippen molar-refractivity contribution in [1.29, 1.82) is 0 Å². The molecule has 2 atom stereocenters. The fourth-order valence-corrected chi connectivity index (χ4v) is 3.85. The summed E-state index contributed by atoms with van der Waals surface area (Å²) in [4.78, 5) is 8.13. The van der Waals surface area contributed by atoms with Crippen molar-refractivity contribution in [3.05, 3.63) is 59.2 Å². The van der Waals surface area contributed by atoms with Gasteiger partial charge >= 0.3 is 0 Å². The zero-order valence-electron chi connectivity index (χ0n) is 15.4. The number of oxime groups is 1. The first-order valence-corrected chi connectivity index (χ1v) is 8.92. The number of benzene rings is 2. The number of hydrogen-bond acceptors (Lipinski definition) is 5. The number of fused-ring (bicyclic) bond motifs is 1. The molecule has 2 aromatic carbocycles. The van der Waals surface area contributed by atoms with Crippen LogP contribution in [-0.4, -0.2) is 44.0 Å². The SMILES string of the molecule is COc1cccc(CN2C[C@@H]3ON=C(c4ccc(C)cc4)[C@H]3C2)c1OC. The van der Waals surface area contributed by atoms with E-state index in [1.807, 2.05) is 12.1 Å². The van der Waals surface area contributed by atoms with Gasteiger partial charge in [0, 0.05) is 25.2 Å². The Balaban J connectivity index is 1.50. The molecule has 2 aliphatic heterocycles. The van der Waals surface area contributed by atoms with E-state index in [4.69, 9.17) is 14.3 Å².